The van der Waals surface area contributed by atoms with Gasteiger partial charge < -0.3 is 5.32 Å². The topological polar surface area (TPSA) is 42.7 Å². The molecule has 4 rings (SSSR count). The summed E-state index contributed by atoms with van der Waals surface area (Å²) in [6.07, 6.45) is 2.23. The van der Waals surface area contributed by atoms with Crippen LogP contribution in [0.25, 0.3) is 0 Å². The van der Waals surface area contributed by atoms with Crippen LogP contribution in [0.2, 0.25) is 0 Å². The maximum Gasteiger partial charge on any atom is 0.222 e. The van der Waals surface area contributed by atoms with E-state index in [0.29, 0.717) is 17.4 Å². The molecule has 0 bridgehead atoms. The zero-order valence-electron chi connectivity index (χ0n) is 14.4. The minimum Gasteiger partial charge on any atom is -0.348 e. The Hall–Kier alpha value is -2.69. The average Bonchev–Trinajstić information content (AvgIpc) is 3.10. The first kappa shape index (κ1) is 15.8. The molecule has 2 atom stereocenters. The molecular formula is C20H21FN4. The second-order valence-electron chi connectivity index (χ2n) is 6.82. The monoisotopic (exact) mass is 336 g/mol. The standard InChI is InChI=1S/C20H21FN4/c1-13(2)14-7-9-15(10-8-14)18-11-19(16-5-3-4-6-17(16)21)25-20(24-18)22-12-23-25/h3-10,12-13,18-19H,11H2,1-2H3,(H,22,23,24). The minimum absolute atomic E-state index is 0.0718. The van der Waals surface area contributed by atoms with Crippen molar-refractivity contribution in [2.75, 3.05) is 5.32 Å². The van der Waals surface area contributed by atoms with Crippen LogP contribution in [0, 0.1) is 5.82 Å². The van der Waals surface area contributed by atoms with Crippen molar-refractivity contribution in [3.05, 3.63) is 77.4 Å². The van der Waals surface area contributed by atoms with Crippen molar-refractivity contribution < 1.29 is 4.39 Å². The van der Waals surface area contributed by atoms with Crippen molar-refractivity contribution in [1.29, 1.82) is 0 Å². The van der Waals surface area contributed by atoms with Gasteiger partial charge in [-0.05, 0) is 29.5 Å². The molecule has 0 fully saturated rings. The summed E-state index contributed by atoms with van der Waals surface area (Å²) in [5, 5.41) is 7.73. The number of fused-ring (bicyclic) bond motifs is 1. The van der Waals surface area contributed by atoms with Crippen LogP contribution < -0.4 is 5.32 Å². The van der Waals surface area contributed by atoms with E-state index in [1.54, 1.807) is 10.7 Å². The maximum atomic E-state index is 14.4. The molecule has 0 amide bonds. The number of anilines is 1. The molecule has 2 unspecified atom stereocenters. The average molecular weight is 336 g/mol. The van der Waals surface area contributed by atoms with Gasteiger partial charge in [0.05, 0.1) is 12.1 Å². The van der Waals surface area contributed by atoms with E-state index in [1.165, 1.54) is 23.5 Å². The smallest absolute Gasteiger partial charge is 0.222 e. The van der Waals surface area contributed by atoms with Gasteiger partial charge in [0.15, 0.2) is 0 Å². The number of benzene rings is 2. The molecule has 2 aromatic carbocycles. The van der Waals surface area contributed by atoms with Crippen LogP contribution in [0.4, 0.5) is 10.3 Å². The van der Waals surface area contributed by atoms with Gasteiger partial charge in [0.2, 0.25) is 5.95 Å². The van der Waals surface area contributed by atoms with Crippen LogP contribution >= 0.6 is 0 Å². The third-order valence-electron chi connectivity index (χ3n) is 4.90. The SMILES string of the molecule is CC(C)c1ccc(C2CC(c3ccccc3F)n3ncnc3N2)cc1. The summed E-state index contributed by atoms with van der Waals surface area (Å²) in [5.74, 6) is 0.977. The summed E-state index contributed by atoms with van der Waals surface area (Å²) in [6.45, 7) is 4.37. The van der Waals surface area contributed by atoms with Gasteiger partial charge in [-0.1, -0.05) is 56.3 Å². The van der Waals surface area contributed by atoms with Gasteiger partial charge >= 0.3 is 0 Å². The number of halogens is 1. The van der Waals surface area contributed by atoms with E-state index >= 15 is 0 Å². The Kier molecular flexibility index (Phi) is 3.99. The molecule has 25 heavy (non-hydrogen) atoms. The molecule has 0 aliphatic carbocycles. The van der Waals surface area contributed by atoms with E-state index < -0.39 is 0 Å². The Balaban J connectivity index is 1.70. The van der Waals surface area contributed by atoms with Crippen molar-refractivity contribution in [3.63, 3.8) is 0 Å². The normalized spacial score (nSPS) is 19.5. The van der Waals surface area contributed by atoms with Crippen LogP contribution in [-0.4, -0.2) is 14.8 Å². The molecule has 1 aliphatic rings. The molecule has 128 valence electrons. The molecule has 0 saturated carbocycles. The van der Waals surface area contributed by atoms with E-state index in [1.807, 2.05) is 12.1 Å². The Morgan fingerprint density at radius 2 is 1.88 bits per heavy atom. The Labute approximate surface area is 146 Å². The van der Waals surface area contributed by atoms with Gasteiger partial charge in [-0.15, -0.1) is 0 Å². The summed E-state index contributed by atoms with van der Waals surface area (Å²) in [4.78, 5) is 4.30. The molecule has 2 heterocycles. The van der Waals surface area contributed by atoms with Gasteiger partial charge in [-0.25, -0.2) is 9.07 Å². The second-order valence-corrected chi connectivity index (χ2v) is 6.82. The molecule has 0 spiro atoms. The van der Waals surface area contributed by atoms with E-state index in [9.17, 15) is 4.39 Å². The van der Waals surface area contributed by atoms with E-state index in [2.05, 4.69) is 53.5 Å². The summed E-state index contributed by atoms with van der Waals surface area (Å²) in [5.41, 5.74) is 3.15. The first-order valence-electron chi connectivity index (χ1n) is 8.64. The molecule has 4 nitrogen and oxygen atoms in total. The molecule has 1 aliphatic heterocycles. The van der Waals surface area contributed by atoms with Crippen LogP contribution in [0.3, 0.4) is 0 Å². The quantitative estimate of drug-likeness (QED) is 0.755. The van der Waals surface area contributed by atoms with Gasteiger partial charge in [-0.2, -0.15) is 10.1 Å². The molecular weight excluding hydrogens is 315 g/mol. The summed E-state index contributed by atoms with van der Waals surface area (Å²) in [6, 6.07) is 15.4. The Morgan fingerprint density at radius 3 is 2.60 bits per heavy atom. The van der Waals surface area contributed by atoms with Gasteiger partial charge in [0.25, 0.3) is 0 Å². The number of nitrogens with one attached hydrogen (secondary N) is 1. The van der Waals surface area contributed by atoms with E-state index in [0.717, 1.165) is 6.42 Å². The molecule has 0 saturated heterocycles. The van der Waals surface area contributed by atoms with Crippen molar-refractivity contribution in [2.24, 2.45) is 0 Å². The Bertz CT molecular complexity index is 869. The lowest BCUT2D eigenvalue weighted by Crippen LogP contribution is -2.28. The second kappa shape index (κ2) is 6.31. The number of hydrogen-bond donors (Lipinski definition) is 1. The van der Waals surface area contributed by atoms with Gasteiger partial charge in [0, 0.05) is 5.56 Å². The third kappa shape index (κ3) is 2.90. The summed E-state index contributed by atoms with van der Waals surface area (Å²) in [7, 11) is 0. The zero-order chi connectivity index (χ0) is 17.4. The minimum atomic E-state index is -0.204. The maximum absolute atomic E-state index is 14.4. The lowest BCUT2D eigenvalue weighted by Gasteiger charge is -2.32. The fourth-order valence-electron chi connectivity index (χ4n) is 3.46. The van der Waals surface area contributed by atoms with E-state index in [4.69, 9.17) is 0 Å². The highest BCUT2D eigenvalue weighted by Gasteiger charge is 2.31. The predicted molar refractivity (Wildman–Crippen MR) is 96.1 cm³/mol. The molecule has 3 aromatic rings. The summed E-state index contributed by atoms with van der Waals surface area (Å²) < 4.78 is 16.1. The number of hydrogen-bond acceptors (Lipinski definition) is 3. The highest BCUT2D eigenvalue weighted by molar-refractivity contribution is 5.39. The summed E-state index contributed by atoms with van der Waals surface area (Å²) >= 11 is 0. The van der Waals surface area contributed by atoms with E-state index in [-0.39, 0.29) is 17.9 Å². The van der Waals surface area contributed by atoms with Crippen LogP contribution in [0.15, 0.2) is 54.9 Å². The molecule has 1 N–H and O–H groups in total. The fraction of sp³-hybridized carbons (Fsp3) is 0.300. The Morgan fingerprint density at radius 1 is 1.12 bits per heavy atom. The highest BCUT2D eigenvalue weighted by Crippen LogP contribution is 2.38. The first-order valence-corrected chi connectivity index (χ1v) is 8.64. The first-order chi connectivity index (χ1) is 12.1. The zero-order valence-corrected chi connectivity index (χ0v) is 14.4. The molecule has 0 radical (unpaired) electrons. The van der Waals surface area contributed by atoms with Gasteiger partial charge in [-0.3, -0.25) is 0 Å². The largest absolute Gasteiger partial charge is 0.348 e. The van der Waals surface area contributed by atoms with Crippen LogP contribution in [0.1, 0.15) is 55.0 Å². The van der Waals surface area contributed by atoms with Crippen LogP contribution in [0.5, 0.6) is 0 Å². The van der Waals surface area contributed by atoms with Crippen molar-refractivity contribution >= 4 is 5.95 Å². The molecule has 5 heteroatoms. The highest BCUT2D eigenvalue weighted by atomic mass is 19.1. The van der Waals surface area contributed by atoms with Crippen molar-refractivity contribution in [2.45, 2.75) is 38.3 Å². The third-order valence-corrected chi connectivity index (χ3v) is 4.90. The predicted octanol–water partition coefficient (Wildman–Crippen LogP) is 4.69. The van der Waals surface area contributed by atoms with Crippen LogP contribution in [-0.2, 0) is 0 Å². The fourth-order valence-corrected chi connectivity index (χ4v) is 3.46. The van der Waals surface area contributed by atoms with Crippen molar-refractivity contribution in [1.82, 2.24) is 14.8 Å². The lowest BCUT2D eigenvalue weighted by atomic mass is 9.92. The number of rotatable bonds is 3. The number of nitrogens with zero attached hydrogens (tertiary/aromatic N) is 3. The van der Waals surface area contributed by atoms with Crippen molar-refractivity contribution in [3.8, 4) is 0 Å². The molecule has 1 aromatic heterocycles. The number of aromatic nitrogens is 3. The lowest BCUT2D eigenvalue weighted by molar-refractivity contribution is 0.415. The van der Waals surface area contributed by atoms with Gasteiger partial charge in [0.1, 0.15) is 12.1 Å².